The van der Waals surface area contributed by atoms with Crippen LogP contribution in [0.25, 0.3) is 10.4 Å². The number of hydrogen-bond donors (Lipinski definition) is 5. The Morgan fingerprint density at radius 1 is 1.00 bits per heavy atom. The van der Waals surface area contributed by atoms with Crippen LogP contribution in [0, 0.1) is 5.92 Å². The third-order valence-corrected chi connectivity index (χ3v) is 4.73. The van der Waals surface area contributed by atoms with Gasteiger partial charge in [-0.3, -0.25) is 0 Å². The van der Waals surface area contributed by atoms with Gasteiger partial charge in [0.2, 0.25) is 0 Å². The fourth-order valence-corrected chi connectivity index (χ4v) is 3.08. The Labute approximate surface area is 149 Å². The summed E-state index contributed by atoms with van der Waals surface area (Å²) >= 11 is 0. The molecule has 0 aromatic carbocycles. The highest BCUT2D eigenvalue weighted by atomic mass is 16.7. The molecule has 0 radical (unpaired) electrons. The molecule has 2 fully saturated rings. The van der Waals surface area contributed by atoms with Crippen molar-refractivity contribution in [3.63, 3.8) is 0 Å². The number of nitrogens with zero attached hydrogens (tertiary/aromatic N) is 3. The topological polar surface area (TPSA) is 187 Å². The van der Waals surface area contributed by atoms with Crippen molar-refractivity contribution in [1.29, 1.82) is 0 Å². The van der Waals surface area contributed by atoms with Crippen LogP contribution in [0.4, 0.5) is 0 Å². The molecule has 0 bridgehead atoms. The van der Waals surface area contributed by atoms with E-state index in [2.05, 4.69) is 10.0 Å². The number of hydrogen-bond acceptors (Lipinski definition) is 10. The molecule has 10 atom stereocenters. The summed E-state index contributed by atoms with van der Waals surface area (Å²) in [6, 6.07) is 0. The Morgan fingerprint density at radius 2 is 1.62 bits per heavy atom. The molecule has 0 saturated carbocycles. The zero-order valence-electron chi connectivity index (χ0n) is 14.4. The molecule has 2 rings (SSSR count). The van der Waals surface area contributed by atoms with Gasteiger partial charge in [-0.1, -0.05) is 12.0 Å². The third-order valence-electron chi connectivity index (χ3n) is 4.73. The van der Waals surface area contributed by atoms with Crippen molar-refractivity contribution in [3.8, 4) is 0 Å². The lowest BCUT2D eigenvalue weighted by molar-refractivity contribution is -0.351. The van der Waals surface area contributed by atoms with Crippen LogP contribution in [0.3, 0.4) is 0 Å². The Kier molecular flexibility index (Phi) is 7.55. The van der Waals surface area contributed by atoms with E-state index in [1.165, 1.54) is 7.11 Å². The maximum atomic E-state index is 10.3. The molecule has 12 heteroatoms. The number of azide groups is 1. The lowest BCUT2D eigenvalue weighted by Crippen LogP contribution is -2.63. The Morgan fingerprint density at radius 3 is 2.19 bits per heavy atom. The smallest absolute Gasteiger partial charge is 0.186 e. The van der Waals surface area contributed by atoms with Crippen LogP contribution >= 0.6 is 0 Å². The predicted molar refractivity (Wildman–Crippen MR) is 83.5 cm³/mol. The van der Waals surface area contributed by atoms with Crippen LogP contribution < -0.4 is 0 Å². The van der Waals surface area contributed by atoms with Crippen molar-refractivity contribution in [1.82, 2.24) is 0 Å². The van der Waals surface area contributed by atoms with E-state index in [0.29, 0.717) is 0 Å². The molecule has 26 heavy (non-hydrogen) atoms. The summed E-state index contributed by atoms with van der Waals surface area (Å²) in [5.41, 5.74) is 8.45. The molecular formula is C14H25N3O9. The van der Waals surface area contributed by atoms with E-state index in [-0.39, 0.29) is 6.54 Å². The third kappa shape index (κ3) is 4.26. The van der Waals surface area contributed by atoms with Crippen LogP contribution in [-0.2, 0) is 18.9 Å². The largest absolute Gasteiger partial charge is 0.394 e. The summed E-state index contributed by atoms with van der Waals surface area (Å²) in [6.45, 7) is 0.963. The lowest BCUT2D eigenvalue weighted by atomic mass is 9.90. The highest BCUT2D eigenvalue weighted by Gasteiger charge is 2.49. The number of methoxy groups -OCH3 is 1. The summed E-state index contributed by atoms with van der Waals surface area (Å²) in [5, 5.41) is 53.6. The minimum Gasteiger partial charge on any atom is -0.394 e. The SMILES string of the molecule is CO[C@@H]1OC(CO)[C@H](O[C@@H]2OC(CN=[N+]=[N-])[C@H](C)[C@H](O)C2O)[C@H](O)C1O. The minimum atomic E-state index is -1.51. The van der Waals surface area contributed by atoms with Crippen molar-refractivity contribution in [3.05, 3.63) is 10.4 Å². The maximum absolute atomic E-state index is 10.3. The van der Waals surface area contributed by atoms with E-state index < -0.39 is 67.8 Å². The van der Waals surface area contributed by atoms with Crippen molar-refractivity contribution in [2.45, 2.75) is 62.2 Å². The van der Waals surface area contributed by atoms with Gasteiger partial charge in [0.25, 0.3) is 0 Å². The molecule has 2 heterocycles. The molecule has 2 aliphatic heterocycles. The first-order valence-electron chi connectivity index (χ1n) is 8.18. The molecule has 2 saturated heterocycles. The molecule has 150 valence electrons. The van der Waals surface area contributed by atoms with Gasteiger partial charge in [0.15, 0.2) is 12.6 Å². The van der Waals surface area contributed by atoms with Crippen LogP contribution in [0.5, 0.6) is 0 Å². The van der Waals surface area contributed by atoms with E-state index in [1.807, 2.05) is 0 Å². The van der Waals surface area contributed by atoms with E-state index in [0.717, 1.165) is 0 Å². The van der Waals surface area contributed by atoms with E-state index in [1.54, 1.807) is 6.92 Å². The number of ether oxygens (including phenoxy) is 4. The Balaban J connectivity index is 2.14. The Hall–Kier alpha value is -1.05. The van der Waals surface area contributed by atoms with E-state index >= 15 is 0 Å². The Bertz CT molecular complexity index is 504. The summed E-state index contributed by atoms with van der Waals surface area (Å²) in [5.74, 6) is -0.542. The summed E-state index contributed by atoms with van der Waals surface area (Å²) in [6.07, 6.45) is -11.3. The zero-order valence-corrected chi connectivity index (χ0v) is 14.4. The maximum Gasteiger partial charge on any atom is 0.186 e. The highest BCUT2D eigenvalue weighted by Crippen LogP contribution is 2.31. The zero-order chi connectivity index (χ0) is 19.4. The second kappa shape index (κ2) is 9.24. The summed E-state index contributed by atoms with van der Waals surface area (Å²) in [7, 11) is 1.27. The first-order chi connectivity index (χ1) is 12.3. The molecule has 2 aliphatic rings. The fourth-order valence-electron chi connectivity index (χ4n) is 3.08. The van der Waals surface area contributed by atoms with Gasteiger partial charge in [-0.2, -0.15) is 0 Å². The van der Waals surface area contributed by atoms with E-state index in [4.69, 9.17) is 24.5 Å². The fraction of sp³-hybridized carbons (Fsp3) is 1.00. The van der Waals surface area contributed by atoms with Gasteiger partial charge in [-0.25, -0.2) is 0 Å². The van der Waals surface area contributed by atoms with Crippen molar-refractivity contribution in [2.24, 2.45) is 11.0 Å². The second-order valence-corrected chi connectivity index (χ2v) is 6.34. The van der Waals surface area contributed by atoms with Crippen molar-refractivity contribution in [2.75, 3.05) is 20.3 Å². The van der Waals surface area contributed by atoms with Crippen LogP contribution in [0.15, 0.2) is 5.11 Å². The molecule has 4 unspecified atom stereocenters. The molecule has 12 nitrogen and oxygen atoms in total. The number of aliphatic hydroxyl groups excluding tert-OH is 5. The molecule has 0 aromatic heterocycles. The van der Waals surface area contributed by atoms with Gasteiger partial charge in [-0.05, 0) is 5.53 Å². The molecule has 0 aliphatic carbocycles. The molecular weight excluding hydrogens is 354 g/mol. The first-order valence-corrected chi connectivity index (χ1v) is 8.18. The second-order valence-electron chi connectivity index (χ2n) is 6.34. The van der Waals surface area contributed by atoms with Crippen molar-refractivity contribution < 1.29 is 44.5 Å². The standard InChI is InChI=1S/C14H25N3O9/c1-5-6(3-16-17-15)24-14(10(21)8(5)19)26-12-7(4-18)25-13(23-2)11(22)9(12)20/h5-14,18-22H,3-4H2,1-2H3/t5-,6?,7?,8-,9+,10?,11?,12-,13+,14-/m0/s1. The first kappa shape index (κ1) is 21.3. The normalized spacial score (nSPS) is 46.6. The van der Waals surface area contributed by atoms with Gasteiger partial charge >= 0.3 is 0 Å². The molecule has 0 amide bonds. The summed E-state index contributed by atoms with van der Waals surface area (Å²) in [4.78, 5) is 2.63. The quantitative estimate of drug-likeness (QED) is 0.195. The van der Waals surface area contributed by atoms with E-state index in [9.17, 15) is 25.5 Å². The molecule has 0 spiro atoms. The highest BCUT2D eigenvalue weighted by molar-refractivity contribution is 4.93. The average Bonchev–Trinajstić information content (AvgIpc) is 2.64. The van der Waals surface area contributed by atoms with Crippen LogP contribution in [-0.4, -0.2) is 101 Å². The van der Waals surface area contributed by atoms with Gasteiger partial charge < -0.3 is 44.5 Å². The number of aliphatic hydroxyl groups is 5. The van der Waals surface area contributed by atoms with Crippen LogP contribution in [0.1, 0.15) is 6.92 Å². The average molecular weight is 379 g/mol. The van der Waals surface area contributed by atoms with Crippen molar-refractivity contribution >= 4 is 0 Å². The number of rotatable bonds is 6. The van der Waals surface area contributed by atoms with Crippen LogP contribution in [0.2, 0.25) is 0 Å². The van der Waals surface area contributed by atoms with Gasteiger partial charge in [0.05, 0.1) is 25.4 Å². The van der Waals surface area contributed by atoms with Gasteiger partial charge in [0, 0.05) is 17.9 Å². The van der Waals surface area contributed by atoms with Gasteiger partial charge in [-0.15, -0.1) is 0 Å². The minimum absolute atomic E-state index is 0.0944. The molecule has 5 N–H and O–H groups in total. The predicted octanol–water partition coefficient (Wildman–Crippen LogP) is -2.15. The monoisotopic (exact) mass is 379 g/mol. The lowest BCUT2D eigenvalue weighted by Gasteiger charge is -2.46. The summed E-state index contributed by atoms with van der Waals surface area (Å²) < 4.78 is 21.3. The van der Waals surface area contributed by atoms with Gasteiger partial charge in [0.1, 0.15) is 30.5 Å². The molecule has 0 aromatic rings.